The normalized spacial score (nSPS) is 14.4. The van der Waals surface area contributed by atoms with Crippen LogP contribution in [0.2, 0.25) is 0 Å². The number of aryl methyl sites for hydroxylation is 1. The zero-order valence-electron chi connectivity index (χ0n) is 20.7. The maximum atomic E-state index is 12.7. The average Bonchev–Trinajstić information content (AvgIpc) is 2.81. The highest BCUT2D eigenvalue weighted by molar-refractivity contribution is 5.86. The van der Waals surface area contributed by atoms with Gasteiger partial charge in [-0.3, -0.25) is 14.5 Å². The predicted molar refractivity (Wildman–Crippen MR) is 132 cm³/mol. The van der Waals surface area contributed by atoms with Gasteiger partial charge in [0.15, 0.2) is 5.75 Å². The third kappa shape index (κ3) is 6.63. The fourth-order valence-electron chi connectivity index (χ4n) is 4.02. The second kappa shape index (κ2) is 11.7. The van der Waals surface area contributed by atoms with Crippen LogP contribution in [0.3, 0.4) is 0 Å². The van der Waals surface area contributed by atoms with E-state index in [9.17, 15) is 9.59 Å². The summed E-state index contributed by atoms with van der Waals surface area (Å²) in [5.41, 5.74) is 3.83. The van der Waals surface area contributed by atoms with Crippen molar-refractivity contribution in [3.63, 3.8) is 0 Å². The molecule has 8 nitrogen and oxygen atoms in total. The Kier molecular flexibility index (Phi) is 8.76. The van der Waals surface area contributed by atoms with Crippen molar-refractivity contribution in [3.05, 3.63) is 54.5 Å². The molecule has 182 valence electrons. The van der Waals surface area contributed by atoms with Gasteiger partial charge < -0.3 is 14.5 Å². The van der Waals surface area contributed by atoms with Gasteiger partial charge in [-0.15, -0.1) is 0 Å². The number of piperazine rings is 1. The molecule has 1 aliphatic rings. The number of amides is 2. The summed E-state index contributed by atoms with van der Waals surface area (Å²) in [6.45, 7) is 14.4. The highest BCUT2D eigenvalue weighted by Crippen LogP contribution is 2.29. The molecule has 1 aliphatic heterocycles. The molecule has 34 heavy (non-hydrogen) atoms. The lowest BCUT2D eigenvalue weighted by Crippen LogP contribution is -2.50. The van der Waals surface area contributed by atoms with Gasteiger partial charge in [0.05, 0.1) is 19.3 Å². The van der Waals surface area contributed by atoms with E-state index in [2.05, 4.69) is 54.4 Å². The number of likely N-dealkylation sites (N-methyl/N-ethyl adjacent to an activating group) is 1. The predicted octanol–water partition coefficient (Wildman–Crippen LogP) is 2.78. The van der Waals surface area contributed by atoms with Crippen molar-refractivity contribution in [1.29, 1.82) is 0 Å². The minimum absolute atomic E-state index is 0.154. The van der Waals surface area contributed by atoms with Crippen molar-refractivity contribution in [2.45, 2.75) is 27.3 Å². The minimum atomic E-state index is -0.154. The van der Waals surface area contributed by atoms with E-state index in [1.807, 2.05) is 11.0 Å². The fourth-order valence-corrected chi connectivity index (χ4v) is 4.02. The highest BCUT2D eigenvalue weighted by Gasteiger charge is 2.24. The standard InChI is InChI=1S/C26H35N5O3/c1-6-24(32)29(5)11-12-34-23-14-27-18-28-26(23)21-7-8-22(20(4)13-21)16-31-10-9-30(15-19(2)3)17-25(31)33/h6-8,13-14,18-19H,1,9-12,15-17H2,2-5H3. The SMILES string of the molecule is C=CC(=O)N(C)CCOc1cncnc1-c1ccc(CN2CCN(CC(C)C)CC2=O)c(C)c1. The third-order valence-electron chi connectivity index (χ3n) is 5.91. The van der Waals surface area contributed by atoms with E-state index < -0.39 is 0 Å². The molecule has 1 aromatic heterocycles. The number of ether oxygens (including phenoxy) is 1. The van der Waals surface area contributed by atoms with Gasteiger partial charge in [0.1, 0.15) is 18.6 Å². The smallest absolute Gasteiger partial charge is 0.245 e. The van der Waals surface area contributed by atoms with Gasteiger partial charge in [0.25, 0.3) is 0 Å². The first-order valence-electron chi connectivity index (χ1n) is 11.7. The van der Waals surface area contributed by atoms with Gasteiger partial charge in [-0.2, -0.15) is 0 Å². The Bertz CT molecular complexity index is 1020. The van der Waals surface area contributed by atoms with Crippen LogP contribution < -0.4 is 4.74 Å². The zero-order valence-corrected chi connectivity index (χ0v) is 20.7. The van der Waals surface area contributed by atoms with Gasteiger partial charge in [0, 0.05) is 38.8 Å². The number of rotatable bonds is 10. The van der Waals surface area contributed by atoms with Crippen LogP contribution in [0.15, 0.2) is 43.4 Å². The molecular formula is C26H35N5O3. The van der Waals surface area contributed by atoms with Crippen LogP contribution in [-0.2, 0) is 16.1 Å². The third-order valence-corrected chi connectivity index (χ3v) is 5.91. The number of benzene rings is 1. The number of carbonyl (C=O) groups excluding carboxylic acids is 2. The van der Waals surface area contributed by atoms with Crippen molar-refractivity contribution in [3.8, 4) is 17.0 Å². The van der Waals surface area contributed by atoms with Crippen molar-refractivity contribution in [1.82, 2.24) is 24.7 Å². The summed E-state index contributed by atoms with van der Waals surface area (Å²) < 4.78 is 5.89. The van der Waals surface area contributed by atoms with Crippen LogP contribution in [0.25, 0.3) is 11.3 Å². The molecule has 0 N–H and O–H groups in total. The lowest BCUT2D eigenvalue weighted by Gasteiger charge is -2.35. The summed E-state index contributed by atoms with van der Waals surface area (Å²) in [5, 5.41) is 0. The first kappa shape index (κ1) is 25.4. The first-order chi connectivity index (χ1) is 16.3. The first-order valence-corrected chi connectivity index (χ1v) is 11.7. The van der Waals surface area contributed by atoms with Crippen molar-refractivity contribution >= 4 is 11.8 Å². The zero-order chi connectivity index (χ0) is 24.7. The van der Waals surface area contributed by atoms with Crippen LogP contribution in [0.1, 0.15) is 25.0 Å². The Balaban J connectivity index is 1.66. The highest BCUT2D eigenvalue weighted by atomic mass is 16.5. The number of nitrogens with zero attached hydrogens (tertiary/aromatic N) is 5. The summed E-state index contributed by atoms with van der Waals surface area (Å²) in [6, 6.07) is 6.13. The molecule has 1 aromatic carbocycles. The van der Waals surface area contributed by atoms with Gasteiger partial charge >= 0.3 is 0 Å². The molecule has 2 amide bonds. The van der Waals surface area contributed by atoms with E-state index >= 15 is 0 Å². The molecule has 2 heterocycles. The number of aromatic nitrogens is 2. The van der Waals surface area contributed by atoms with Crippen LogP contribution >= 0.6 is 0 Å². The fraction of sp³-hybridized carbons (Fsp3) is 0.462. The maximum Gasteiger partial charge on any atom is 0.245 e. The summed E-state index contributed by atoms with van der Waals surface area (Å²) in [7, 11) is 1.70. The van der Waals surface area contributed by atoms with E-state index in [0.29, 0.717) is 43.6 Å². The lowest BCUT2D eigenvalue weighted by atomic mass is 10.0. The molecule has 1 fully saturated rings. The second-order valence-electron chi connectivity index (χ2n) is 9.13. The Morgan fingerprint density at radius 1 is 1.32 bits per heavy atom. The van der Waals surface area contributed by atoms with Crippen LogP contribution in [-0.4, -0.2) is 82.9 Å². The van der Waals surface area contributed by atoms with Crippen molar-refractivity contribution in [2.24, 2.45) is 5.92 Å². The van der Waals surface area contributed by atoms with Crippen molar-refractivity contribution < 1.29 is 14.3 Å². The van der Waals surface area contributed by atoms with E-state index in [0.717, 1.165) is 36.3 Å². The molecule has 0 radical (unpaired) electrons. The number of carbonyl (C=O) groups is 2. The molecule has 8 heteroatoms. The van der Waals surface area contributed by atoms with Crippen LogP contribution in [0.5, 0.6) is 5.75 Å². The van der Waals surface area contributed by atoms with Gasteiger partial charge in [0.2, 0.25) is 11.8 Å². The molecule has 1 saturated heterocycles. The van der Waals surface area contributed by atoms with Gasteiger partial charge in [-0.05, 0) is 36.1 Å². The van der Waals surface area contributed by atoms with E-state index in [4.69, 9.17) is 4.74 Å². The summed E-state index contributed by atoms with van der Waals surface area (Å²) in [4.78, 5) is 38.5. The summed E-state index contributed by atoms with van der Waals surface area (Å²) >= 11 is 0. The van der Waals surface area contributed by atoms with E-state index in [1.165, 1.54) is 12.4 Å². The largest absolute Gasteiger partial charge is 0.488 e. The lowest BCUT2D eigenvalue weighted by molar-refractivity contribution is -0.136. The molecule has 0 spiro atoms. The molecule has 3 rings (SSSR count). The quantitative estimate of drug-likeness (QED) is 0.502. The Morgan fingerprint density at radius 2 is 2.12 bits per heavy atom. The minimum Gasteiger partial charge on any atom is -0.488 e. The average molecular weight is 466 g/mol. The Hall–Kier alpha value is -3.26. The van der Waals surface area contributed by atoms with Gasteiger partial charge in [-0.1, -0.05) is 32.6 Å². The molecule has 0 saturated carbocycles. The van der Waals surface area contributed by atoms with Crippen LogP contribution in [0.4, 0.5) is 0 Å². The molecule has 0 atom stereocenters. The van der Waals surface area contributed by atoms with E-state index in [1.54, 1.807) is 18.1 Å². The maximum absolute atomic E-state index is 12.7. The monoisotopic (exact) mass is 465 g/mol. The second-order valence-corrected chi connectivity index (χ2v) is 9.13. The number of hydrogen-bond donors (Lipinski definition) is 0. The topological polar surface area (TPSA) is 78.9 Å². The summed E-state index contributed by atoms with van der Waals surface area (Å²) in [6.07, 6.45) is 4.41. The summed E-state index contributed by atoms with van der Waals surface area (Å²) in [5.74, 6) is 1.15. The Labute approximate surface area is 202 Å². The molecular weight excluding hydrogens is 430 g/mol. The number of hydrogen-bond acceptors (Lipinski definition) is 6. The molecule has 2 aromatic rings. The van der Waals surface area contributed by atoms with Gasteiger partial charge in [-0.25, -0.2) is 9.97 Å². The molecule has 0 unspecified atom stereocenters. The van der Waals surface area contributed by atoms with Crippen molar-refractivity contribution in [2.75, 3.05) is 46.4 Å². The molecule has 0 bridgehead atoms. The van der Waals surface area contributed by atoms with E-state index in [-0.39, 0.29) is 11.8 Å². The Morgan fingerprint density at radius 3 is 2.79 bits per heavy atom. The van der Waals surface area contributed by atoms with Crippen LogP contribution in [0, 0.1) is 12.8 Å². The molecule has 0 aliphatic carbocycles.